The van der Waals surface area contributed by atoms with Gasteiger partial charge in [-0.25, -0.2) is 0 Å². The highest BCUT2D eigenvalue weighted by atomic mass is 16.1. The molecule has 0 fully saturated rings. The number of para-hydroxylation sites is 1. The van der Waals surface area contributed by atoms with Crippen molar-refractivity contribution in [1.82, 2.24) is 4.57 Å². The summed E-state index contributed by atoms with van der Waals surface area (Å²) in [7, 11) is 1.96. The number of nitrogens with zero attached hydrogens (tertiary/aromatic N) is 1. The average molecular weight is 215 g/mol. The van der Waals surface area contributed by atoms with E-state index >= 15 is 0 Å². The van der Waals surface area contributed by atoms with Gasteiger partial charge >= 0.3 is 0 Å². The third kappa shape index (κ3) is 1.37. The van der Waals surface area contributed by atoms with Crippen LogP contribution in [0.4, 0.5) is 0 Å². The first-order valence-electron chi connectivity index (χ1n) is 5.61. The Morgan fingerprint density at radius 2 is 2.00 bits per heavy atom. The maximum absolute atomic E-state index is 11.1. The number of benzene rings is 1. The molecule has 0 radical (unpaired) electrons. The molecule has 0 saturated heterocycles. The van der Waals surface area contributed by atoms with E-state index < -0.39 is 0 Å². The van der Waals surface area contributed by atoms with Crippen LogP contribution in [0.3, 0.4) is 0 Å². The van der Waals surface area contributed by atoms with Gasteiger partial charge < -0.3 is 4.57 Å². The zero-order valence-corrected chi connectivity index (χ0v) is 10.2. The quantitative estimate of drug-likeness (QED) is 0.703. The van der Waals surface area contributed by atoms with Crippen molar-refractivity contribution in [2.45, 2.75) is 26.7 Å². The molecule has 2 rings (SSSR count). The van der Waals surface area contributed by atoms with Crippen LogP contribution in [0.2, 0.25) is 0 Å². The number of carbonyl (C=O) groups is 1. The van der Waals surface area contributed by atoms with Crippen LogP contribution in [0.1, 0.15) is 41.4 Å². The number of rotatable bonds is 2. The molecule has 0 saturated carbocycles. The minimum absolute atomic E-state index is 0.469. The zero-order valence-electron chi connectivity index (χ0n) is 10.2. The first kappa shape index (κ1) is 10.9. The Hall–Kier alpha value is -1.57. The van der Waals surface area contributed by atoms with Crippen molar-refractivity contribution in [2.24, 2.45) is 7.05 Å². The van der Waals surface area contributed by atoms with Gasteiger partial charge in [-0.05, 0) is 24.0 Å². The van der Waals surface area contributed by atoms with Crippen LogP contribution in [0.25, 0.3) is 10.9 Å². The molecule has 0 amide bonds. The smallest absolute Gasteiger partial charge is 0.166 e. The van der Waals surface area contributed by atoms with Crippen LogP contribution in [0.15, 0.2) is 18.2 Å². The Morgan fingerprint density at radius 1 is 1.31 bits per heavy atom. The lowest BCUT2D eigenvalue weighted by Gasteiger charge is -2.09. The topological polar surface area (TPSA) is 22.0 Å². The van der Waals surface area contributed by atoms with Crippen LogP contribution in [-0.2, 0) is 7.05 Å². The molecule has 1 heterocycles. The fraction of sp³-hybridized carbons (Fsp3) is 0.357. The maximum atomic E-state index is 11.1. The van der Waals surface area contributed by atoms with Gasteiger partial charge in [0, 0.05) is 12.4 Å². The van der Waals surface area contributed by atoms with Gasteiger partial charge in [0.25, 0.3) is 0 Å². The lowest BCUT2D eigenvalue weighted by atomic mass is 10.00. The predicted octanol–water partition coefficient (Wildman–Crippen LogP) is 3.42. The molecule has 0 unspecified atom stereocenters. The van der Waals surface area contributed by atoms with Gasteiger partial charge in [-0.15, -0.1) is 0 Å². The highest BCUT2D eigenvalue weighted by Gasteiger charge is 2.14. The van der Waals surface area contributed by atoms with Crippen LogP contribution >= 0.6 is 0 Å². The van der Waals surface area contributed by atoms with Crippen LogP contribution in [0, 0.1) is 6.92 Å². The van der Waals surface area contributed by atoms with E-state index in [9.17, 15) is 4.79 Å². The Bertz CT molecular complexity index is 549. The van der Waals surface area contributed by atoms with Gasteiger partial charge in [0.1, 0.15) is 0 Å². The monoisotopic (exact) mass is 215 g/mol. The van der Waals surface area contributed by atoms with Crippen LogP contribution < -0.4 is 0 Å². The van der Waals surface area contributed by atoms with E-state index in [4.69, 9.17) is 0 Å². The summed E-state index contributed by atoms with van der Waals surface area (Å²) in [5.74, 6) is 0.469. The van der Waals surface area contributed by atoms with Gasteiger partial charge in [0.2, 0.25) is 0 Å². The summed E-state index contributed by atoms with van der Waals surface area (Å²) < 4.78 is 2.01. The molecule has 0 atom stereocenters. The van der Waals surface area contributed by atoms with Gasteiger partial charge in [-0.1, -0.05) is 32.0 Å². The number of hydrogen-bond acceptors (Lipinski definition) is 1. The fourth-order valence-electron chi connectivity index (χ4n) is 2.38. The zero-order chi connectivity index (χ0) is 11.9. The summed E-state index contributed by atoms with van der Waals surface area (Å²) in [5.41, 5.74) is 4.35. The predicted molar refractivity (Wildman–Crippen MR) is 67.1 cm³/mol. The normalized spacial score (nSPS) is 11.3. The number of aldehydes is 1. The van der Waals surface area contributed by atoms with E-state index in [1.807, 2.05) is 18.5 Å². The molecule has 0 aliphatic rings. The van der Waals surface area contributed by atoms with Gasteiger partial charge in [0.05, 0.1) is 11.2 Å². The summed E-state index contributed by atoms with van der Waals surface area (Å²) in [4.78, 5) is 11.1. The molecule has 0 aliphatic heterocycles. The molecule has 1 aromatic carbocycles. The number of aryl methyl sites for hydroxylation is 2. The lowest BCUT2D eigenvalue weighted by molar-refractivity contribution is 0.111. The van der Waals surface area contributed by atoms with E-state index in [-0.39, 0.29) is 0 Å². The van der Waals surface area contributed by atoms with Crippen molar-refractivity contribution in [3.05, 3.63) is 35.0 Å². The lowest BCUT2D eigenvalue weighted by Crippen LogP contribution is -1.98. The second-order valence-electron chi connectivity index (χ2n) is 4.59. The standard InChI is InChI=1S/C14H17NO/c1-9(2)11-6-5-7-12-10(3)13(8-16)15(4)14(11)12/h5-9H,1-4H3. The molecule has 2 nitrogen and oxygen atoms in total. The van der Waals surface area contributed by atoms with Crippen molar-refractivity contribution in [3.63, 3.8) is 0 Å². The average Bonchev–Trinajstić information content (AvgIpc) is 2.51. The molecule has 0 spiro atoms. The molecule has 84 valence electrons. The van der Waals surface area contributed by atoms with E-state index in [1.54, 1.807) is 0 Å². The van der Waals surface area contributed by atoms with Crippen molar-refractivity contribution < 1.29 is 4.79 Å². The molecule has 0 N–H and O–H groups in total. The third-order valence-corrected chi connectivity index (χ3v) is 3.29. The Labute approximate surface area is 95.9 Å². The Balaban J connectivity index is 2.93. The SMILES string of the molecule is Cc1c(C=O)n(C)c2c(C(C)C)cccc12. The first-order valence-corrected chi connectivity index (χ1v) is 5.61. The Kier molecular flexibility index (Phi) is 2.58. The highest BCUT2D eigenvalue weighted by Crippen LogP contribution is 2.30. The van der Waals surface area contributed by atoms with Gasteiger partial charge in [0.15, 0.2) is 6.29 Å². The summed E-state index contributed by atoms with van der Waals surface area (Å²) in [6.45, 7) is 6.37. The number of fused-ring (bicyclic) bond motifs is 1. The summed E-state index contributed by atoms with van der Waals surface area (Å²) in [6, 6.07) is 6.30. The molecular weight excluding hydrogens is 198 g/mol. The molecule has 1 aromatic heterocycles. The summed E-state index contributed by atoms with van der Waals surface area (Å²) in [6.07, 6.45) is 0.944. The summed E-state index contributed by atoms with van der Waals surface area (Å²) in [5, 5.41) is 1.19. The van der Waals surface area contributed by atoms with Crippen molar-refractivity contribution in [2.75, 3.05) is 0 Å². The third-order valence-electron chi connectivity index (χ3n) is 3.29. The van der Waals surface area contributed by atoms with E-state index in [1.165, 1.54) is 16.5 Å². The molecule has 2 heteroatoms. The largest absolute Gasteiger partial charge is 0.341 e. The molecule has 0 aliphatic carbocycles. The van der Waals surface area contributed by atoms with Crippen molar-refractivity contribution in [3.8, 4) is 0 Å². The Morgan fingerprint density at radius 3 is 2.56 bits per heavy atom. The summed E-state index contributed by atoms with van der Waals surface area (Å²) >= 11 is 0. The van der Waals surface area contributed by atoms with Crippen LogP contribution in [-0.4, -0.2) is 10.9 Å². The second-order valence-corrected chi connectivity index (χ2v) is 4.59. The number of hydrogen-bond donors (Lipinski definition) is 0. The molecule has 2 aromatic rings. The van der Waals surface area contributed by atoms with Crippen molar-refractivity contribution in [1.29, 1.82) is 0 Å². The second kappa shape index (κ2) is 3.78. The minimum atomic E-state index is 0.469. The maximum Gasteiger partial charge on any atom is 0.166 e. The minimum Gasteiger partial charge on any atom is -0.341 e. The highest BCUT2D eigenvalue weighted by molar-refractivity contribution is 5.94. The van der Waals surface area contributed by atoms with Gasteiger partial charge in [-0.2, -0.15) is 0 Å². The van der Waals surface area contributed by atoms with Crippen LogP contribution in [0.5, 0.6) is 0 Å². The molecular formula is C14H17NO. The number of aromatic nitrogens is 1. The first-order chi connectivity index (χ1) is 7.57. The van der Waals surface area contributed by atoms with Gasteiger partial charge in [-0.3, -0.25) is 4.79 Å². The van der Waals surface area contributed by atoms with E-state index in [0.29, 0.717) is 5.92 Å². The van der Waals surface area contributed by atoms with E-state index in [0.717, 1.165) is 17.5 Å². The molecule has 0 bridgehead atoms. The molecule has 16 heavy (non-hydrogen) atoms. The van der Waals surface area contributed by atoms with Crippen molar-refractivity contribution >= 4 is 17.2 Å². The van der Waals surface area contributed by atoms with E-state index in [2.05, 4.69) is 32.0 Å². The number of carbonyl (C=O) groups excluding carboxylic acids is 1. The fourth-order valence-corrected chi connectivity index (χ4v) is 2.38.